The fourth-order valence-corrected chi connectivity index (χ4v) is 1.83. The highest BCUT2D eigenvalue weighted by atomic mass is 16.5. The topological polar surface area (TPSA) is 27.7 Å². The van der Waals surface area contributed by atoms with Crippen LogP contribution in [-0.2, 0) is 0 Å². The molecular formula is C15H16O3. The summed E-state index contributed by atoms with van der Waals surface area (Å²) in [5.41, 5.74) is 2.01. The van der Waals surface area contributed by atoms with Crippen molar-refractivity contribution in [2.45, 2.75) is 0 Å². The van der Waals surface area contributed by atoms with Gasteiger partial charge in [-0.15, -0.1) is 0 Å². The molecule has 0 aliphatic carbocycles. The first-order valence-corrected chi connectivity index (χ1v) is 5.65. The Labute approximate surface area is 107 Å². The van der Waals surface area contributed by atoms with Crippen LogP contribution in [-0.4, -0.2) is 21.3 Å². The zero-order chi connectivity index (χ0) is 13.0. The summed E-state index contributed by atoms with van der Waals surface area (Å²) in [5.74, 6) is 2.43. The van der Waals surface area contributed by atoms with Gasteiger partial charge in [0.15, 0.2) is 0 Å². The molecule has 0 unspecified atom stereocenters. The normalized spacial score (nSPS) is 9.94. The van der Waals surface area contributed by atoms with E-state index in [1.165, 1.54) is 0 Å². The van der Waals surface area contributed by atoms with Crippen molar-refractivity contribution in [2.75, 3.05) is 21.3 Å². The van der Waals surface area contributed by atoms with Gasteiger partial charge in [-0.05, 0) is 35.9 Å². The lowest BCUT2D eigenvalue weighted by molar-refractivity contribution is 0.404. The van der Waals surface area contributed by atoms with Crippen molar-refractivity contribution < 1.29 is 14.2 Å². The molecule has 3 nitrogen and oxygen atoms in total. The average Bonchev–Trinajstić information content (AvgIpc) is 2.46. The molecule has 0 aliphatic rings. The third-order valence-corrected chi connectivity index (χ3v) is 2.79. The van der Waals surface area contributed by atoms with Crippen LogP contribution in [0.4, 0.5) is 0 Å². The second-order valence-corrected chi connectivity index (χ2v) is 3.80. The van der Waals surface area contributed by atoms with Crippen LogP contribution in [0.2, 0.25) is 0 Å². The van der Waals surface area contributed by atoms with Crippen molar-refractivity contribution in [1.82, 2.24) is 0 Å². The summed E-state index contributed by atoms with van der Waals surface area (Å²) in [7, 11) is 4.96. The van der Waals surface area contributed by atoms with E-state index in [4.69, 9.17) is 14.2 Å². The molecule has 0 radical (unpaired) electrons. The van der Waals surface area contributed by atoms with E-state index < -0.39 is 0 Å². The number of benzene rings is 2. The van der Waals surface area contributed by atoms with Crippen LogP contribution >= 0.6 is 0 Å². The molecule has 0 saturated carbocycles. The van der Waals surface area contributed by atoms with Gasteiger partial charge in [0, 0.05) is 5.56 Å². The molecule has 0 aliphatic heterocycles. The van der Waals surface area contributed by atoms with Crippen LogP contribution in [0.5, 0.6) is 17.2 Å². The molecule has 0 amide bonds. The first kappa shape index (κ1) is 12.3. The monoisotopic (exact) mass is 244 g/mol. The summed E-state index contributed by atoms with van der Waals surface area (Å²) in [6.07, 6.45) is 0. The molecule has 3 heteroatoms. The lowest BCUT2D eigenvalue weighted by Crippen LogP contribution is -1.91. The average molecular weight is 244 g/mol. The van der Waals surface area contributed by atoms with Gasteiger partial charge in [-0.2, -0.15) is 0 Å². The Bertz CT molecular complexity index is 535. The zero-order valence-corrected chi connectivity index (χ0v) is 10.8. The van der Waals surface area contributed by atoms with Crippen LogP contribution in [0.15, 0.2) is 42.5 Å². The predicted octanol–water partition coefficient (Wildman–Crippen LogP) is 3.38. The van der Waals surface area contributed by atoms with E-state index in [1.807, 2.05) is 42.5 Å². The largest absolute Gasteiger partial charge is 0.497 e. The van der Waals surface area contributed by atoms with Gasteiger partial charge in [-0.3, -0.25) is 0 Å². The molecule has 0 atom stereocenters. The van der Waals surface area contributed by atoms with Crippen LogP contribution < -0.4 is 14.2 Å². The van der Waals surface area contributed by atoms with Gasteiger partial charge in [-0.25, -0.2) is 0 Å². The van der Waals surface area contributed by atoms with Gasteiger partial charge in [-0.1, -0.05) is 12.1 Å². The first-order valence-electron chi connectivity index (χ1n) is 5.65. The van der Waals surface area contributed by atoms with Gasteiger partial charge in [0.2, 0.25) is 0 Å². The van der Waals surface area contributed by atoms with Gasteiger partial charge < -0.3 is 14.2 Å². The Morgan fingerprint density at radius 2 is 1.44 bits per heavy atom. The molecule has 0 heterocycles. The third kappa shape index (κ3) is 2.40. The van der Waals surface area contributed by atoms with E-state index in [1.54, 1.807) is 21.3 Å². The van der Waals surface area contributed by atoms with E-state index in [0.717, 1.165) is 28.4 Å². The molecule has 18 heavy (non-hydrogen) atoms. The van der Waals surface area contributed by atoms with Gasteiger partial charge >= 0.3 is 0 Å². The molecule has 0 fully saturated rings. The fraction of sp³-hybridized carbons (Fsp3) is 0.200. The predicted molar refractivity (Wildman–Crippen MR) is 71.5 cm³/mol. The minimum atomic E-state index is 0.800. The molecule has 2 aromatic rings. The van der Waals surface area contributed by atoms with Crippen molar-refractivity contribution >= 4 is 0 Å². The lowest BCUT2D eigenvalue weighted by Gasteiger charge is -2.11. The summed E-state index contributed by atoms with van der Waals surface area (Å²) < 4.78 is 15.9. The number of rotatable bonds is 4. The molecule has 94 valence electrons. The molecular weight excluding hydrogens is 228 g/mol. The second-order valence-electron chi connectivity index (χ2n) is 3.80. The van der Waals surface area contributed by atoms with E-state index in [2.05, 4.69) is 0 Å². The van der Waals surface area contributed by atoms with Crippen LogP contribution in [0.3, 0.4) is 0 Å². The Balaban J connectivity index is 2.53. The maximum absolute atomic E-state index is 5.38. The van der Waals surface area contributed by atoms with Gasteiger partial charge in [0.1, 0.15) is 17.2 Å². The van der Waals surface area contributed by atoms with Crippen LogP contribution in [0, 0.1) is 0 Å². The summed E-state index contributed by atoms with van der Waals surface area (Å²) in [6.45, 7) is 0. The molecule has 0 saturated heterocycles. The zero-order valence-electron chi connectivity index (χ0n) is 10.8. The van der Waals surface area contributed by atoms with E-state index >= 15 is 0 Å². The van der Waals surface area contributed by atoms with Crippen molar-refractivity contribution in [1.29, 1.82) is 0 Å². The summed E-state index contributed by atoms with van der Waals surface area (Å²) in [6, 6.07) is 13.6. The van der Waals surface area contributed by atoms with Crippen molar-refractivity contribution in [3.05, 3.63) is 42.5 Å². The smallest absolute Gasteiger partial charge is 0.126 e. The molecule has 2 aromatic carbocycles. The highest BCUT2D eigenvalue weighted by Gasteiger charge is 2.08. The Hall–Kier alpha value is -2.16. The van der Waals surface area contributed by atoms with E-state index in [-0.39, 0.29) is 0 Å². The molecule has 0 spiro atoms. The van der Waals surface area contributed by atoms with Crippen molar-refractivity contribution in [3.8, 4) is 28.4 Å². The summed E-state index contributed by atoms with van der Waals surface area (Å²) >= 11 is 0. The highest BCUT2D eigenvalue weighted by Crippen LogP contribution is 2.34. The van der Waals surface area contributed by atoms with Crippen molar-refractivity contribution in [3.63, 3.8) is 0 Å². The third-order valence-electron chi connectivity index (χ3n) is 2.79. The SMILES string of the molecule is COc1cccc(-c2cc(OC)ccc2OC)c1. The minimum Gasteiger partial charge on any atom is -0.497 e. The number of hydrogen-bond donors (Lipinski definition) is 0. The Morgan fingerprint density at radius 1 is 0.722 bits per heavy atom. The second kappa shape index (κ2) is 5.45. The quantitative estimate of drug-likeness (QED) is 0.825. The maximum Gasteiger partial charge on any atom is 0.126 e. The Kier molecular flexibility index (Phi) is 3.72. The summed E-state index contributed by atoms with van der Waals surface area (Å²) in [5, 5.41) is 0. The minimum absolute atomic E-state index is 0.800. The van der Waals surface area contributed by atoms with E-state index in [9.17, 15) is 0 Å². The highest BCUT2D eigenvalue weighted by molar-refractivity contribution is 5.73. The maximum atomic E-state index is 5.38. The van der Waals surface area contributed by atoms with Gasteiger partial charge in [0.25, 0.3) is 0 Å². The molecule has 0 N–H and O–H groups in total. The fourth-order valence-electron chi connectivity index (χ4n) is 1.83. The van der Waals surface area contributed by atoms with Crippen LogP contribution in [0.25, 0.3) is 11.1 Å². The first-order chi connectivity index (χ1) is 8.78. The summed E-state index contributed by atoms with van der Waals surface area (Å²) in [4.78, 5) is 0. The van der Waals surface area contributed by atoms with Gasteiger partial charge in [0.05, 0.1) is 21.3 Å². The Morgan fingerprint density at radius 3 is 2.11 bits per heavy atom. The number of ether oxygens (including phenoxy) is 3. The molecule has 0 aromatic heterocycles. The van der Waals surface area contributed by atoms with Crippen molar-refractivity contribution in [2.24, 2.45) is 0 Å². The standard InChI is InChI=1S/C15H16O3/c1-16-12-6-4-5-11(9-12)14-10-13(17-2)7-8-15(14)18-3/h4-10H,1-3H3. The number of methoxy groups -OCH3 is 3. The lowest BCUT2D eigenvalue weighted by atomic mass is 10.0. The van der Waals surface area contributed by atoms with Crippen LogP contribution in [0.1, 0.15) is 0 Å². The molecule has 0 bridgehead atoms. The van der Waals surface area contributed by atoms with E-state index in [0.29, 0.717) is 0 Å². The molecule has 2 rings (SSSR count). The number of hydrogen-bond acceptors (Lipinski definition) is 3.